The molecule has 0 atom stereocenters. The number of ether oxygens (including phenoxy) is 2. The molecule has 1 amide bonds. The summed E-state index contributed by atoms with van der Waals surface area (Å²) in [6.45, 7) is 3.34. The molecule has 2 heterocycles. The molecule has 0 aliphatic heterocycles. The van der Waals surface area contributed by atoms with E-state index in [1.54, 1.807) is 35.5 Å². The van der Waals surface area contributed by atoms with E-state index in [1.165, 1.54) is 4.88 Å². The maximum absolute atomic E-state index is 11.5. The first-order valence-corrected chi connectivity index (χ1v) is 7.41. The summed E-state index contributed by atoms with van der Waals surface area (Å²) in [6.07, 6.45) is 3.73. The quantitative estimate of drug-likeness (QED) is 0.792. The third-order valence-electron chi connectivity index (χ3n) is 2.81. The molecule has 0 bridgehead atoms. The van der Waals surface area contributed by atoms with Gasteiger partial charge < -0.3 is 9.47 Å². The van der Waals surface area contributed by atoms with Crippen LogP contribution in [0.5, 0.6) is 0 Å². The Hall–Kier alpha value is -1.93. The van der Waals surface area contributed by atoms with E-state index < -0.39 is 6.09 Å². The van der Waals surface area contributed by atoms with Crippen LogP contribution < -0.4 is 5.32 Å². The van der Waals surface area contributed by atoms with Gasteiger partial charge in [-0.15, -0.1) is 11.3 Å². The van der Waals surface area contributed by atoms with Crippen LogP contribution in [0.3, 0.4) is 0 Å². The van der Waals surface area contributed by atoms with Gasteiger partial charge in [-0.1, -0.05) is 0 Å². The van der Waals surface area contributed by atoms with Gasteiger partial charge in [0, 0.05) is 31.1 Å². The minimum Gasteiger partial charge on any atom is -0.447 e. The van der Waals surface area contributed by atoms with E-state index in [9.17, 15) is 4.79 Å². The Labute approximate surface area is 126 Å². The van der Waals surface area contributed by atoms with E-state index in [0.29, 0.717) is 12.3 Å². The first-order valence-electron chi connectivity index (χ1n) is 6.53. The molecule has 2 aromatic rings. The normalized spacial score (nSPS) is 10.6. The van der Waals surface area contributed by atoms with Gasteiger partial charge >= 0.3 is 6.09 Å². The molecule has 21 heavy (non-hydrogen) atoms. The molecule has 2 aromatic heterocycles. The lowest BCUT2D eigenvalue weighted by Gasteiger charge is -2.04. The second-order valence-electron chi connectivity index (χ2n) is 4.36. The van der Waals surface area contributed by atoms with E-state index in [1.807, 2.05) is 12.4 Å². The lowest BCUT2D eigenvalue weighted by atomic mass is 10.3. The lowest BCUT2D eigenvalue weighted by Crippen LogP contribution is -2.16. The van der Waals surface area contributed by atoms with E-state index in [0.717, 1.165) is 18.7 Å². The van der Waals surface area contributed by atoms with Gasteiger partial charge in [0.1, 0.15) is 6.61 Å². The zero-order valence-corrected chi connectivity index (χ0v) is 12.9. The van der Waals surface area contributed by atoms with Crippen molar-refractivity contribution in [2.75, 3.05) is 25.6 Å². The van der Waals surface area contributed by atoms with Crippen LogP contribution in [-0.2, 0) is 22.4 Å². The van der Waals surface area contributed by atoms with E-state index in [4.69, 9.17) is 9.47 Å². The van der Waals surface area contributed by atoms with Crippen LogP contribution >= 0.6 is 11.3 Å². The second kappa shape index (κ2) is 7.75. The van der Waals surface area contributed by atoms with Crippen molar-refractivity contribution in [2.24, 2.45) is 0 Å². The highest BCUT2D eigenvalue weighted by Crippen LogP contribution is 2.14. The van der Waals surface area contributed by atoms with Crippen molar-refractivity contribution >= 4 is 23.1 Å². The van der Waals surface area contributed by atoms with Gasteiger partial charge in [0.2, 0.25) is 0 Å². The maximum atomic E-state index is 11.5. The van der Waals surface area contributed by atoms with Crippen LogP contribution in [0.1, 0.15) is 10.6 Å². The molecule has 0 fully saturated rings. The van der Waals surface area contributed by atoms with Crippen LogP contribution in [0.2, 0.25) is 0 Å². The number of methoxy groups -OCH3 is 1. The Morgan fingerprint density at radius 1 is 1.48 bits per heavy atom. The van der Waals surface area contributed by atoms with Crippen molar-refractivity contribution in [3.8, 4) is 0 Å². The second-order valence-corrected chi connectivity index (χ2v) is 5.30. The Balaban J connectivity index is 1.78. The van der Waals surface area contributed by atoms with E-state index in [2.05, 4.69) is 15.4 Å². The molecule has 8 heteroatoms. The Morgan fingerprint density at radius 2 is 2.33 bits per heavy atom. The fraction of sp³-hybridized carbons (Fsp3) is 0.462. The molecule has 0 saturated carbocycles. The molecule has 0 saturated heterocycles. The van der Waals surface area contributed by atoms with Crippen LogP contribution in [0.15, 0.2) is 17.9 Å². The summed E-state index contributed by atoms with van der Waals surface area (Å²) in [5.41, 5.74) is 3.52. The zero-order valence-electron chi connectivity index (χ0n) is 12.0. The smallest absolute Gasteiger partial charge is 0.411 e. The SMILES string of the molecule is COCCOC(=O)Nc1cnn(CCc2scnc2C)c1. The Morgan fingerprint density at radius 3 is 3.05 bits per heavy atom. The first kappa shape index (κ1) is 15.5. The van der Waals surface area contributed by atoms with Gasteiger partial charge in [-0.05, 0) is 6.92 Å². The highest BCUT2D eigenvalue weighted by Gasteiger charge is 2.06. The molecule has 0 radical (unpaired) electrons. The number of rotatable bonds is 7. The third-order valence-corrected chi connectivity index (χ3v) is 3.81. The number of nitrogens with one attached hydrogen (secondary N) is 1. The predicted molar refractivity (Wildman–Crippen MR) is 79.6 cm³/mol. The molecular formula is C13H18N4O3S. The molecule has 0 aliphatic rings. The van der Waals surface area contributed by atoms with Crippen molar-refractivity contribution in [1.29, 1.82) is 0 Å². The summed E-state index contributed by atoms with van der Waals surface area (Å²) < 4.78 is 11.5. The number of hydrogen-bond acceptors (Lipinski definition) is 6. The number of anilines is 1. The average Bonchev–Trinajstić information content (AvgIpc) is 3.06. The summed E-state index contributed by atoms with van der Waals surface area (Å²) in [5, 5.41) is 6.82. The fourth-order valence-corrected chi connectivity index (χ4v) is 2.47. The summed E-state index contributed by atoms with van der Waals surface area (Å²) in [4.78, 5) is 16.9. The first-order chi connectivity index (χ1) is 10.2. The zero-order chi connectivity index (χ0) is 15.1. The van der Waals surface area contributed by atoms with Crippen molar-refractivity contribution in [3.63, 3.8) is 0 Å². The van der Waals surface area contributed by atoms with Gasteiger partial charge in [0.15, 0.2) is 0 Å². The highest BCUT2D eigenvalue weighted by molar-refractivity contribution is 7.09. The summed E-state index contributed by atoms with van der Waals surface area (Å²) in [5.74, 6) is 0. The van der Waals surface area contributed by atoms with Crippen molar-refractivity contribution in [2.45, 2.75) is 19.9 Å². The molecule has 114 valence electrons. The molecular weight excluding hydrogens is 292 g/mol. The van der Waals surface area contributed by atoms with Gasteiger partial charge in [-0.25, -0.2) is 9.78 Å². The van der Waals surface area contributed by atoms with Gasteiger partial charge in [0.05, 0.1) is 29.7 Å². The van der Waals surface area contributed by atoms with Crippen molar-refractivity contribution in [1.82, 2.24) is 14.8 Å². The number of nitrogens with zero attached hydrogens (tertiary/aromatic N) is 3. The van der Waals surface area contributed by atoms with Crippen molar-refractivity contribution < 1.29 is 14.3 Å². The number of aromatic nitrogens is 3. The number of carbonyl (C=O) groups is 1. The standard InChI is InChI=1S/C13H18N4O3S/c1-10-12(21-9-14-10)3-4-17-8-11(7-15-17)16-13(18)20-6-5-19-2/h7-9H,3-6H2,1-2H3,(H,16,18). The molecule has 7 nitrogen and oxygen atoms in total. The van der Waals surface area contributed by atoms with Crippen LogP contribution in [0.4, 0.5) is 10.5 Å². The fourth-order valence-electron chi connectivity index (χ4n) is 1.70. The minimum atomic E-state index is -0.509. The Kier molecular flexibility index (Phi) is 5.70. The molecule has 0 aliphatic carbocycles. The number of thiazole rings is 1. The number of amides is 1. The lowest BCUT2D eigenvalue weighted by molar-refractivity contribution is 0.107. The summed E-state index contributed by atoms with van der Waals surface area (Å²) in [6, 6.07) is 0. The molecule has 2 rings (SSSR count). The monoisotopic (exact) mass is 310 g/mol. The average molecular weight is 310 g/mol. The van der Waals surface area contributed by atoms with E-state index >= 15 is 0 Å². The summed E-state index contributed by atoms with van der Waals surface area (Å²) >= 11 is 1.64. The minimum absolute atomic E-state index is 0.223. The molecule has 1 N–H and O–H groups in total. The molecule has 0 unspecified atom stereocenters. The number of aryl methyl sites for hydroxylation is 3. The van der Waals surface area contributed by atoms with Crippen LogP contribution in [0, 0.1) is 6.92 Å². The largest absolute Gasteiger partial charge is 0.447 e. The highest BCUT2D eigenvalue weighted by atomic mass is 32.1. The third kappa shape index (κ3) is 4.83. The maximum Gasteiger partial charge on any atom is 0.411 e. The van der Waals surface area contributed by atoms with Gasteiger partial charge in [0.25, 0.3) is 0 Å². The predicted octanol–water partition coefficient (Wildman–Crippen LogP) is 2.09. The van der Waals surface area contributed by atoms with Crippen LogP contribution in [-0.4, -0.2) is 41.2 Å². The summed E-state index contributed by atoms with van der Waals surface area (Å²) in [7, 11) is 1.55. The van der Waals surface area contributed by atoms with Gasteiger partial charge in [-0.2, -0.15) is 5.10 Å². The number of hydrogen-bond donors (Lipinski definition) is 1. The van der Waals surface area contributed by atoms with E-state index in [-0.39, 0.29) is 6.61 Å². The molecule has 0 spiro atoms. The van der Waals surface area contributed by atoms with Crippen molar-refractivity contribution in [3.05, 3.63) is 28.5 Å². The number of carbonyl (C=O) groups excluding carboxylic acids is 1. The molecule has 0 aromatic carbocycles. The van der Waals surface area contributed by atoms with Gasteiger partial charge in [-0.3, -0.25) is 10.00 Å². The Bertz CT molecular complexity index is 581. The topological polar surface area (TPSA) is 78.3 Å². The van der Waals surface area contributed by atoms with Crippen LogP contribution in [0.25, 0.3) is 0 Å².